The molecule has 0 amide bonds. The minimum absolute atomic E-state index is 1.24. The number of benzene rings is 9. The van der Waals surface area contributed by atoms with E-state index in [1.165, 1.54) is 131 Å². The third-order valence-electron chi connectivity index (χ3n) is 12.9. The summed E-state index contributed by atoms with van der Waals surface area (Å²) >= 11 is 0. The molecule has 0 atom stereocenters. The summed E-state index contributed by atoms with van der Waals surface area (Å²) in [5, 5.41) is 10.6. The average Bonchev–Trinajstić information content (AvgIpc) is 3.22. The zero-order valence-corrected chi connectivity index (χ0v) is 32.7. The Labute approximate surface area is 326 Å². The predicted molar refractivity (Wildman–Crippen MR) is 264 cm³/mol. The molecule has 0 nitrogen and oxygen atoms in total. The van der Waals surface area contributed by atoms with Crippen LogP contribution in [0.4, 0.5) is 0 Å². The third-order valence-corrected chi connectivity index (χ3v) is 12.9. The highest BCUT2D eigenvalue weighted by atomic mass is 14.3. The molecule has 0 N–H and O–H groups in total. The molecule has 0 radical (unpaired) electrons. The molecule has 9 rings (SSSR count). The molecule has 0 saturated heterocycles. The third kappa shape index (κ3) is 5.18. The van der Waals surface area contributed by atoms with Gasteiger partial charge in [-0.05, 0) is 93.7 Å². The molecule has 0 saturated carbocycles. The van der Waals surface area contributed by atoms with Gasteiger partial charge < -0.3 is 0 Å². The second-order valence-electron chi connectivity index (χ2n) is 15.5. The maximum atomic E-state index is 2.41. The quantitative estimate of drug-likeness (QED) is 0.167. The van der Waals surface area contributed by atoms with E-state index < -0.39 is 0 Å². The lowest BCUT2D eigenvalue weighted by molar-refractivity contribution is 1.63. The molecule has 0 aliphatic heterocycles. The number of rotatable bonds is 4. The van der Waals surface area contributed by atoms with Crippen LogP contribution >= 0.6 is 0 Å². The van der Waals surface area contributed by atoms with Crippen LogP contribution in [0.25, 0.3) is 87.6 Å². The van der Waals surface area contributed by atoms with Gasteiger partial charge >= 0.3 is 0 Å². The number of hydrogen-bond acceptors (Lipinski definition) is 0. The Morgan fingerprint density at radius 2 is 0.685 bits per heavy atom. The molecule has 9 aromatic rings. The van der Waals surface area contributed by atoms with Gasteiger partial charge in [-0.25, -0.2) is 0 Å². The van der Waals surface area contributed by atoms with Gasteiger partial charge in [0.1, 0.15) is 62.8 Å². The lowest BCUT2D eigenvalue weighted by Crippen LogP contribution is -2.50. The Balaban J connectivity index is 1.42. The molecular formula is C46H38B8. The fourth-order valence-electron chi connectivity index (χ4n) is 9.27. The highest BCUT2D eigenvalue weighted by Crippen LogP contribution is 2.44. The van der Waals surface area contributed by atoms with E-state index in [1.54, 1.807) is 0 Å². The van der Waals surface area contributed by atoms with Gasteiger partial charge in [0, 0.05) is 0 Å². The van der Waals surface area contributed by atoms with E-state index in [-0.39, 0.29) is 0 Å². The molecule has 0 unspecified atom stereocenters. The van der Waals surface area contributed by atoms with E-state index in [4.69, 9.17) is 0 Å². The van der Waals surface area contributed by atoms with Crippen LogP contribution in [0.5, 0.6) is 0 Å². The second kappa shape index (κ2) is 13.1. The first-order valence-corrected chi connectivity index (χ1v) is 19.3. The highest BCUT2D eigenvalue weighted by Gasteiger charge is 2.26. The summed E-state index contributed by atoms with van der Waals surface area (Å²) in [6, 6.07) is 49.5. The summed E-state index contributed by atoms with van der Waals surface area (Å²) in [5.41, 5.74) is 21.2. The van der Waals surface area contributed by atoms with Gasteiger partial charge in [0.25, 0.3) is 0 Å². The van der Waals surface area contributed by atoms with Crippen molar-refractivity contribution in [2.45, 2.75) is 0 Å². The Kier molecular flexibility index (Phi) is 8.35. The van der Waals surface area contributed by atoms with Crippen LogP contribution in [0.3, 0.4) is 0 Å². The zero-order chi connectivity index (χ0) is 37.4. The van der Waals surface area contributed by atoms with E-state index in [9.17, 15) is 0 Å². The van der Waals surface area contributed by atoms with Crippen molar-refractivity contribution in [2.75, 3.05) is 0 Å². The van der Waals surface area contributed by atoms with Crippen molar-refractivity contribution in [3.8, 4) is 44.5 Å². The summed E-state index contributed by atoms with van der Waals surface area (Å²) in [5.74, 6) is 0. The van der Waals surface area contributed by atoms with Crippen LogP contribution in [0, 0.1) is 0 Å². The lowest BCUT2D eigenvalue weighted by atomic mass is 9.59. The Hall–Kier alpha value is -5.46. The van der Waals surface area contributed by atoms with Crippen LogP contribution in [-0.4, -0.2) is 62.8 Å². The van der Waals surface area contributed by atoms with Gasteiger partial charge in [0.2, 0.25) is 0 Å². The molecule has 54 heavy (non-hydrogen) atoms. The van der Waals surface area contributed by atoms with Gasteiger partial charge in [-0.15, -0.1) is 21.9 Å². The molecule has 0 spiro atoms. The summed E-state index contributed by atoms with van der Waals surface area (Å²) in [4.78, 5) is 0. The van der Waals surface area contributed by atoms with Gasteiger partial charge in [0.15, 0.2) is 0 Å². The van der Waals surface area contributed by atoms with Crippen molar-refractivity contribution in [1.29, 1.82) is 0 Å². The number of fused-ring (bicyclic) bond motifs is 4. The van der Waals surface area contributed by atoms with Crippen molar-refractivity contribution in [2.24, 2.45) is 0 Å². The van der Waals surface area contributed by atoms with Gasteiger partial charge in [-0.2, -0.15) is 0 Å². The molecule has 0 aliphatic carbocycles. The molecule has 246 valence electrons. The maximum absolute atomic E-state index is 2.41. The van der Waals surface area contributed by atoms with E-state index >= 15 is 0 Å². The van der Waals surface area contributed by atoms with Crippen LogP contribution in [0.2, 0.25) is 0 Å². The Bertz CT molecular complexity index is 2930. The standard InChI is InChI=1S/C46H38B8/c47-39-35-33(26-17-14-24(15-18-26)28-19-16-23-8-4-5-11-27(23)22-28)36-38(42(50)46(54)44(52)40(36)48)34(37(35)41(49)45(53)43(39)51)32-21-20-29(25-9-2-1-3-10-25)30-12-6-7-13-31(30)32/h1-22H,47-54H2. The lowest BCUT2D eigenvalue weighted by Gasteiger charge is -2.28. The molecule has 0 aliphatic rings. The van der Waals surface area contributed by atoms with Crippen LogP contribution in [-0.2, 0) is 0 Å². The van der Waals surface area contributed by atoms with Gasteiger partial charge in [-0.1, -0.05) is 149 Å². The molecular weight excluding hydrogens is 639 g/mol. The Morgan fingerprint density at radius 1 is 0.259 bits per heavy atom. The van der Waals surface area contributed by atoms with E-state index in [1.807, 2.05) is 0 Å². The van der Waals surface area contributed by atoms with Crippen molar-refractivity contribution in [3.63, 3.8) is 0 Å². The average molecular weight is 677 g/mol. The summed E-state index contributed by atoms with van der Waals surface area (Å²) < 4.78 is 0. The summed E-state index contributed by atoms with van der Waals surface area (Å²) in [7, 11) is 18.7. The van der Waals surface area contributed by atoms with Crippen molar-refractivity contribution < 1.29 is 0 Å². The SMILES string of the molecule is Bc1c(B)c(B)c2c(-c3ccc(-c4ccccc4)c4ccccc34)c3c(B)c(B)c(B)c(B)c3c(-c3ccc(-c4ccc5ccccc5c4)cc3)c2c1B. The smallest absolute Gasteiger partial charge is 0.101 e. The first-order chi connectivity index (χ1) is 26.2. The van der Waals surface area contributed by atoms with Gasteiger partial charge in [-0.3, -0.25) is 0 Å². The highest BCUT2D eigenvalue weighted by molar-refractivity contribution is 6.71. The maximum Gasteiger partial charge on any atom is 0.139 e. The minimum atomic E-state index is 1.24. The molecule has 0 fully saturated rings. The predicted octanol–water partition coefficient (Wildman–Crippen LogP) is -0.965. The molecule has 8 heteroatoms. The first-order valence-electron chi connectivity index (χ1n) is 19.3. The van der Waals surface area contributed by atoms with Crippen molar-refractivity contribution in [1.82, 2.24) is 0 Å². The molecule has 0 bridgehead atoms. The van der Waals surface area contributed by atoms with Crippen molar-refractivity contribution >= 4 is 150 Å². The molecule has 9 aromatic carbocycles. The monoisotopic (exact) mass is 678 g/mol. The van der Waals surface area contributed by atoms with E-state index in [0.717, 1.165) is 0 Å². The zero-order valence-electron chi connectivity index (χ0n) is 32.7. The Morgan fingerprint density at radius 3 is 1.26 bits per heavy atom. The number of hydrogen-bond donors (Lipinski definition) is 0. The molecule has 0 heterocycles. The second-order valence-corrected chi connectivity index (χ2v) is 15.5. The van der Waals surface area contributed by atoms with Crippen molar-refractivity contribution in [3.05, 3.63) is 133 Å². The van der Waals surface area contributed by atoms with Crippen LogP contribution < -0.4 is 43.7 Å². The fourth-order valence-corrected chi connectivity index (χ4v) is 9.27. The van der Waals surface area contributed by atoms with Crippen LogP contribution in [0.15, 0.2) is 133 Å². The van der Waals surface area contributed by atoms with Crippen LogP contribution in [0.1, 0.15) is 0 Å². The fraction of sp³-hybridized carbons (Fsp3) is 0. The largest absolute Gasteiger partial charge is 0.139 e. The minimum Gasteiger partial charge on any atom is -0.101 e. The first kappa shape index (κ1) is 34.3. The summed E-state index contributed by atoms with van der Waals surface area (Å²) in [6.45, 7) is 0. The molecule has 0 aromatic heterocycles. The van der Waals surface area contributed by atoms with E-state index in [0.29, 0.717) is 0 Å². The van der Waals surface area contributed by atoms with E-state index in [2.05, 4.69) is 196 Å². The normalized spacial score (nSPS) is 11.6. The van der Waals surface area contributed by atoms with Gasteiger partial charge in [0.05, 0.1) is 0 Å². The summed E-state index contributed by atoms with van der Waals surface area (Å²) in [6.07, 6.45) is 0. The topological polar surface area (TPSA) is 0 Å².